The molecule has 0 aromatic carbocycles. The van der Waals surface area contributed by atoms with Crippen molar-refractivity contribution in [1.29, 1.82) is 0 Å². The lowest BCUT2D eigenvalue weighted by molar-refractivity contribution is -0.170. The van der Waals surface area contributed by atoms with Gasteiger partial charge in [0.25, 0.3) is 11.8 Å². The van der Waals surface area contributed by atoms with Crippen LogP contribution >= 0.6 is 0 Å². The van der Waals surface area contributed by atoms with Gasteiger partial charge in [-0.2, -0.15) is 0 Å². The van der Waals surface area contributed by atoms with Crippen LogP contribution in [0.15, 0.2) is 0 Å². The van der Waals surface area contributed by atoms with E-state index in [1.54, 1.807) is 0 Å². The van der Waals surface area contributed by atoms with Crippen molar-refractivity contribution in [2.75, 3.05) is 13.1 Å². The number of aliphatic hydroxyl groups excluding tert-OH is 2. The molecule has 82 valence electrons. The highest BCUT2D eigenvalue weighted by atomic mass is 19.3. The van der Waals surface area contributed by atoms with Crippen LogP contribution in [0.5, 0.6) is 0 Å². The molecule has 2 N–H and O–H groups in total. The predicted octanol–water partition coefficient (Wildman–Crippen LogP) is -0.404. The molecular weight excluding hydrogens is 196 g/mol. The molecule has 0 spiro atoms. The number of rotatable bonds is 1. The molecule has 0 saturated carbocycles. The number of hydrogen-bond acceptors (Lipinski definition) is 3. The number of likely N-dealkylation sites (tertiary alicyclic amines) is 1. The molecule has 1 aliphatic heterocycles. The van der Waals surface area contributed by atoms with Gasteiger partial charge in [0.15, 0.2) is 0 Å². The predicted molar refractivity (Wildman–Crippen MR) is 43.8 cm³/mol. The summed E-state index contributed by atoms with van der Waals surface area (Å²) >= 11 is 0. The number of aliphatic hydroxyl groups is 2. The molecule has 1 heterocycles. The first-order chi connectivity index (χ1) is 6.34. The maximum atomic E-state index is 12.9. The molecule has 4 nitrogen and oxygen atoms in total. The Morgan fingerprint density at radius 1 is 1.64 bits per heavy atom. The van der Waals surface area contributed by atoms with E-state index in [1.165, 1.54) is 6.92 Å². The number of alkyl halides is 2. The van der Waals surface area contributed by atoms with Gasteiger partial charge in [0.05, 0.1) is 6.54 Å². The second kappa shape index (κ2) is 3.78. The lowest BCUT2D eigenvalue weighted by Gasteiger charge is -2.36. The molecule has 6 heteroatoms. The Morgan fingerprint density at radius 3 is 2.64 bits per heavy atom. The average molecular weight is 209 g/mol. The van der Waals surface area contributed by atoms with Crippen molar-refractivity contribution in [2.24, 2.45) is 0 Å². The smallest absolute Gasteiger partial charge is 0.290 e. The van der Waals surface area contributed by atoms with Gasteiger partial charge >= 0.3 is 0 Å². The maximum Gasteiger partial charge on any atom is 0.290 e. The summed E-state index contributed by atoms with van der Waals surface area (Å²) in [6.45, 7) is 0.462. The zero-order valence-corrected chi connectivity index (χ0v) is 7.78. The third-order valence-electron chi connectivity index (χ3n) is 2.23. The SMILES string of the molecule is CC(O)C(=O)N1CCC(O)C(F)(F)C1. The molecule has 1 rings (SSSR count). The summed E-state index contributed by atoms with van der Waals surface area (Å²) < 4.78 is 25.9. The van der Waals surface area contributed by atoms with Crippen LogP contribution in [0, 0.1) is 0 Å². The number of amides is 1. The normalized spacial score (nSPS) is 28.6. The third kappa shape index (κ3) is 2.19. The van der Waals surface area contributed by atoms with Crippen molar-refractivity contribution in [1.82, 2.24) is 4.90 Å². The first-order valence-electron chi connectivity index (χ1n) is 4.37. The molecule has 0 aromatic heterocycles. The van der Waals surface area contributed by atoms with E-state index in [0.717, 1.165) is 4.90 Å². The topological polar surface area (TPSA) is 60.8 Å². The third-order valence-corrected chi connectivity index (χ3v) is 2.23. The van der Waals surface area contributed by atoms with Crippen molar-refractivity contribution < 1.29 is 23.8 Å². The van der Waals surface area contributed by atoms with Gasteiger partial charge < -0.3 is 15.1 Å². The first kappa shape index (κ1) is 11.3. The minimum Gasteiger partial charge on any atom is -0.387 e. The van der Waals surface area contributed by atoms with Gasteiger partial charge in [0.1, 0.15) is 12.2 Å². The van der Waals surface area contributed by atoms with Crippen molar-refractivity contribution >= 4 is 5.91 Å². The van der Waals surface area contributed by atoms with Crippen molar-refractivity contribution in [3.63, 3.8) is 0 Å². The van der Waals surface area contributed by atoms with Crippen LogP contribution in [-0.4, -0.2) is 52.2 Å². The van der Waals surface area contributed by atoms with Gasteiger partial charge in [-0.25, -0.2) is 8.78 Å². The highest BCUT2D eigenvalue weighted by Gasteiger charge is 2.45. The molecule has 0 aliphatic carbocycles. The van der Waals surface area contributed by atoms with Gasteiger partial charge in [0.2, 0.25) is 0 Å². The molecule has 1 fully saturated rings. The van der Waals surface area contributed by atoms with Gasteiger partial charge in [-0.15, -0.1) is 0 Å². The fourth-order valence-electron chi connectivity index (χ4n) is 1.38. The van der Waals surface area contributed by atoms with Gasteiger partial charge in [-0.1, -0.05) is 0 Å². The highest BCUT2D eigenvalue weighted by Crippen LogP contribution is 2.27. The van der Waals surface area contributed by atoms with Crippen LogP contribution in [-0.2, 0) is 4.79 Å². The minimum atomic E-state index is -3.28. The fourth-order valence-corrected chi connectivity index (χ4v) is 1.38. The van der Waals surface area contributed by atoms with Crippen LogP contribution in [0.2, 0.25) is 0 Å². The fraction of sp³-hybridized carbons (Fsp3) is 0.875. The zero-order valence-electron chi connectivity index (χ0n) is 7.78. The zero-order chi connectivity index (χ0) is 10.9. The Morgan fingerprint density at radius 2 is 2.21 bits per heavy atom. The lowest BCUT2D eigenvalue weighted by atomic mass is 10.0. The molecule has 2 unspecified atom stereocenters. The molecule has 0 radical (unpaired) electrons. The molecule has 2 atom stereocenters. The van der Waals surface area contributed by atoms with Gasteiger partial charge in [0, 0.05) is 6.54 Å². The van der Waals surface area contributed by atoms with Crippen molar-refractivity contribution in [3.8, 4) is 0 Å². The van der Waals surface area contributed by atoms with E-state index in [0.29, 0.717) is 0 Å². The van der Waals surface area contributed by atoms with E-state index in [9.17, 15) is 13.6 Å². The molecule has 0 bridgehead atoms. The number of hydrogen-bond donors (Lipinski definition) is 2. The molecule has 14 heavy (non-hydrogen) atoms. The van der Waals surface area contributed by atoms with E-state index >= 15 is 0 Å². The summed E-state index contributed by atoms with van der Waals surface area (Å²) in [6.07, 6.45) is -3.13. The number of halogens is 2. The second-order valence-corrected chi connectivity index (χ2v) is 3.50. The quantitative estimate of drug-likeness (QED) is 0.617. The van der Waals surface area contributed by atoms with Gasteiger partial charge in [-0.3, -0.25) is 4.79 Å². The number of piperidine rings is 1. The lowest BCUT2D eigenvalue weighted by Crippen LogP contribution is -2.55. The summed E-state index contributed by atoms with van der Waals surface area (Å²) in [5, 5.41) is 17.8. The van der Waals surface area contributed by atoms with E-state index < -0.39 is 30.6 Å². The Balaban J connectivity index is 2.64. The largest absolute Gasteiger partial charge is 0.387 e. The van der Waals surface area contributed by atoms with E-state index in [2.05, 4.69) is 0 Å². The summed E-state index contributed by atoms with van der Waals surface area (Å²) in [5.41, 5.74) is 0. The number of nitrogens with zero attached hydrogens (tertiary/aromatic N) is 1. The van der Waals surface area contributed by atoms with Gasteiger partial charge in [-0.05, 0) is 13.3 Å². The van der Waals surface area contributed by atoms with E-state index in [1.807, 2.05) is 0 Å². The van der Waals surface area contributed by atoms with Crippen LogP contribution < -0.4 is 0 Å². The molecular formula is C8H13F2NO3. The standard InChI is InChI=1S/C8H13F2NO3/c1-5(12)7(14)11-3-2-6(13)8(9,10)4-11/h5-6,12-13H,2-4H2,1H3. The Hall–Kier alpha value is -0.750. The summed E-state index contributed by atoms with van der Waals surface area (Å²) in [7, 11) is 0. The monoisotopic (exact) mass is 209 g/mol. The van der Waals surface area contributed by atoms with Crippen molar-refractivity contribution in [3.05, 3.63) is 0 Å². The van der Waals surface area contributed by atoms with Crippen LogP contribution in [0.25, 0.3) is 0 Å². The molecule has 1 aliphatic rings. The van der Waals surface area contributed by atoms with Crippen LogP contribution in [0.4, 0.5) is 8.78 Å². The second-order valence-electron chi connectivity index (χ2n) is 3.50. The number of carbonyl (C=O) groups is 1. The van der Waals surface area contributed by atoms with E-state index in [4.69, 9.17) is 10.2 Å². The average Bonchev–Trinajstić information content (AvgIpc) is 2.08. The Kier molecular flexibility index (Phi) is 3.06. The number of carbonyl (C=O) groups excluding carboxylic acids is 1. The highest BCUT2D eigenvalue weighted by molar-refractivity contribution is 5.80. The summed E-state index contributed by atoms with van der Waals surface area (Å²) in [4.78, 5) is 12.0. The summed E-state index contributed by atoms with van der Waals surface area (Å²) in [6, 6.07) is 0. The van der Waals surface area contributed by atoms with Crippen LogP contribution in [0.1, 0.15) is 13.3 Å². The Labute approximate surface area is 80.1 Å². The Bertz CT molecular complexity index is 233. The van der Waals surface area contributed by atoms with Crippen LogP contribution in [0.3, 0.4) is 0 Å². The molecule has 1 saturated heterocycles. The first-order valence-corrected chi connectivity index (χ1v) is 4.37. The van der Waals surface area contributed by atoms with Crippen molar-refractivity contribution in [2.45, 2.75) is 31.5 Å². The summed E-state index contributed by atoms with van der Waals surface area (Å²) in [5.74, 6) is -4.00. The van der Waals surface area contributed by atoms with E-state index in [-0.39, 0.29) is 13.0 Å². The molecule has 0 aromatic rings. The molecule has 1 amide bonds. The minimum absolute atomic E-state index is 0.0560. The maximum absolute atomic E-state index is 12.9.